The van der Waals surface area contributed by atoms with E-state index in [9.17, 15) is 14.4 Å². The molecule has 2 aromatic rings. The molecule has 2 heterocycles. The van der Waals surface area contributed by atoms with Gasteiger partial charge in [-0.1, -0.05) is 37.6 Å². The normalized spacial score (nSPS) is 14.3. The Morgan fingerprint density at radius 1 is 1.17 bits per heavy atom. The summed E-state index contributed by atoms with van der Waals surface area (Å²) < 4.78 is 6.57. The van der Waals surface area contributed by atoms with Crippen molar-refractivity contribution in [3.63, 3.8) is 0 Å². The third-order valence-electron chi connectivity index (χ3n) is 6.54. The van der Waals surface area contributed by atoms with Gasteiger partial charge in [-0.2, -0.15) is 0 Å². The smallest absolute Gasteiger partial charge is 0.330 e. The Kier molecular flexibility index (Phi) is 9.50. The monoisotopic (exact) mass is 486 g/mol. The summed E-state index contributed by atoms with van der Waals surface area (Å²) >= 11 is 0. The van der Waals surface area contributed by atoms with E-state index in [-0.39, 0.29) is 24.0 Å². The molecule has 10 nitrogen and oxygen atoms in total. The van der Waals surface area contributed by atoms with E-state index in [0.29, 0.717) is 32.8 Å². The highest BCUT2D eigenvalue weighted by molar-refractivity contribution is 5.82. The van der Waals surface area contributed by atoms with Gasteiger partial charge in [-0.15, -0.1) is 0 Å². The van der Waals surface area contributed by atoms with Crippen molar-refractivity contribution < 1.29 is 9.53 Å². The number of benzene rings is 1. The van der Waals surface area contributed by atoms with Crippen LogP contribution in [0, 0.1) is 6.92 Å². The second-order valence-corrected chi connectivity index (χ2v) is 9.00. The fraction of sp³-hybridized carbons (Fsp3) is 0.560. The number of nitrogen functional groups attached to an aromatic ring is 1. The number of hydrogen-bond acceptors (Lipinski definition) is 7. The Balaban J connectivity index is 1.70. The minimum absolute atomic E-state index is 0.0135. The Morgan fingerprint density at radius 3 is 2.54 bits per heavy atom. The van der Waals surface area contributed by atoms with Crippen LogP contribution in [0.1, 0.15) is 30.9 Å². The van der Waals surface area contributed by atoms with Crippen molar-refractivity contribution in [2.24, 2.45) is 0 Å². The average Bonchev–Trinajstić information content (AvgIpc) is 2.84. The molecule has 0 atom stereocenters. The first kappa shape index (κ1) is 26.5. The molecular formula is C25H38N6O4. The van der Waals surface area contributed by atoms with Crippen molar-refractivity contribution in [2.75, 3.05) is 63.6 Å². The average molecular weight is 487 g/mol. The number of aryl methyl sites for hydroxylation is 1. The van der Waals surface area contributed by atoms with Crippen molar-refractivity contribution in [3.05, 3.63) is 56.2 Å². The first-order chi connectivity index (χ1) is 16.8. The molecule has 1 aromatic heterocycles. The van der Waals surface area contributed by atoms with Gasteiger partial charge in [0.1, 0.15) is 11.5 Å². The molecule has 0 spiro atoms. The standard InChI is InChI=1S/C25H38N6O4/c1-4-5-10-31-23(26)22(24(33)27-25(31)34)30(15-16-35-3)18-21(32)29-13-11-28(12-14-29)17-20-9-7-6-8-19(20)2/h6-9H,4-5,10-18,26H2,1-3H3,(H,27,33,34). The second kappa shape index (κ2) is 12.6. The number of amides is 1. The van der Waals surface area contributed by atoms with Crippen LogP contribution in [0.25, 0.3) is 0 Å². The summed E-state index contributed by atoms with van der Waals surface area (Å²) in [5.74, 6) is 0.000839. The van der Waals surface area contributed by atoms with E-state index in [4.69, 9.17) is 10.5 Å². The van der Waals surface area contributed by atoms with Crippen LogP contribution in [0.4, 0.5) is 11.5 Å². The van der Waals surface area contributed by atoms with Gasteiger partial charge >= 0.3 is 5.69 Å². The zero-order valence-corrected chi connectivity index (χ0v) is 21.1. The molecule has 0 aliphatic carbocycles. The van der Waals surface area contributed by atoms with Crippen LogP contribution in [0.2, 0.25) is 0 Å². The van der Waals surface area contributed by atoms with Crippen LogP contribution in [0.5, 0.6) is 0 Å². The summed E-state index contributed by atoms with van der Waals surface area (Å²) in [6, 6.07) is 8.35. The summed E-state index contributed by atoms with van der Waals surface area (Å²) in [6.07, 6.45) is 1.63. The molecule has 1 aliphatic rings. The van der Waals surface area contributed by atoms with Crippen LogP contribution in [0.3, 0.4) is 0 Å². The predicted molar refractivity (Wildman–Crippen MR) is 138 cm³/mol. The first-order valence-corrected chi connectivity index (χ1v) is 12.3. The molecule has 0 bridgehead atoms. The number of carbonyl (C=O) groups is 1. The van der Waals surface area contributed by atoms with E-state index in [2.05, 4.69) is 35.0 Å². The van der Waals surface area contributed by atoms with Gasteiger partial charge in [0, 0.05) is 52.9 Å². The molecule has 3 N–H and O–H groups in total. The number of aromatic nitrogens is 2. The van der Waals surface area contributed by atoms with E-state index in [1.54, 1.807) is 12.0 Å². The van der Waals surface area contributed by atoms with E-state index < -0.39 is 11.2 Å². The van der Waals surface area contributed by atoms with Gasteiger partial charge in [0.05, 0.1) is 13.2 Å². The fourth-order valence-electron chi connectivity index (χ4n) is 4.34. The summed E-state index contributed by atoms with van der Waals surface area (Å²) in [5.41, 5.74) is 7.87. The van der Waals surface area contributed by atoms with Crippen molar-refractivity contribution in [1.82, 2.24) is 19.4 Å². The van der Waals surface area contributed by atoms with Gasteiger partial charge in [-0.3, -0.25) is 24.0 Å². The van der Waals surface area contributed by atoms with Crippen LogP contribution in [0.15, 0.2) is 33.9 Å². The lowest BCUT2D eigenvalue weighted by Gasteiger charge is -2.36. The van der Waals surface area contributed by atoms with Gasteiger partial charge in [0.2, 0.25) is 5.91 Å². The number of piperazine rings is 1. The van der Waals surface area contributed by atoms with Crippen molar-refractivity contribution in [3.8, 4) is 0 Å². The number of nitrogens with two attached hydrogens (primary N) is 1. The number of nitrogens with one attached hydrogen (secondary N) is 1. The van der Waals surface area contributed by atoms with E-state index in [1.807, 2.05) is 17.9 Å². The molecule has 3 rings (SSSR count). The lowest BCUT2D eigenvalue weighted by Crippen LogP contribution is -2.52. The number of anilines is 2. The number of H-pyrrole nitrogens is 1. The molecule has 192 valence electrons. The van der Waals surface area contributed by atoms with E-state index in [0.717, 1.165) is 32.5 Å². The van der Waals surface area contributed by atoms with Gasteiger partial charge in [0.25, 0.3) is 5.56 Å². The Morgan fingerprint density at radius 2 is 1.89 bits per heavy atom. The van der Waals surface area contributed by atoms with Crippen LogP contribution < -0.4 is 21.9 Å². The number of rotatable bonds is 11. The zero-order chi connectivity index (χ0) is 25.4. The third-order valence-corrected chi connectivity index (χ3v) is 6.54. The van der Waals surface area contributed by atoms with Crippen LogP contribution in [-0.2, 0) is 22.6 Å². The number of unbranched alkanes of at least 4 members (excludes halogenated alkanes) is 1. The summed E-state index contributed by atoms with van der Waals surface area (Å²) in [6.45, 7) is 8.78. The third kappa shape index (κ3) is 6.73. The minimum Gasteiger partial charge on any atom is -0.383 e. The van der Waals surface area contributed by atoms with Crippen LogP contribution >= 0.6 is 0 Å². The zero-order valence-electron chi connectivity index (χ0n) is 21.1. The first-order valence-electron chi connectivity index (χ1n) is 12.3. The SMILES string of the molecule is CCCCn1c(N)c(N(CCOC)CC(=O)N2CCN(Cc3ccccc3C)CC2)c(=O)[nH]c1=O. The summed E-state index contributed by atoms with van der Waals surface area (Å²) in [4.78, 5) is 46.4. The molecule has 0 saturated carbocycles. The number of aromatic amines is 1. The highest BCUT2D eigenvalue weighted by Crippen LogP contribution is 2.18. The number of ether oxygens (including phenoxy) is 1. The number of methoxy groups -OCH3 is 1. The van der Waals surface area contributed by atoms with Crippen molar-refractivity contribution in [2.45, 2.75) is 39.8 Å². The molecule has 1 amide bonds. The van der Waals surface area contributed by atoms with Gasteiger partial charge in [-0.25, -0.2) is 4.79 Å². The van der Waals surface area contributed by atoms with E-state index >= 15 is 0 Å². The molecule has 1 aliphatic heterocycles. The second-order valence-electron chi connectivity index (χ2n) is 9.00. The van der Waals surface area contributed by atoms with Gasteiger partial charge < -0.3 is 20.3 Å². The minimum atomic E-state index is -0.591. The number of carbonyl (C=O) groups excluding carboxylic acids is 1. The molecular weight excluding hydrogens is 448 g/mol. The highest BCUT2D eigenvalue weighted by atomic mass is 16.5. The van der Waals surface area contributed by atoms with Gasteiger partial charge in [0.15, 0.2) is 0 Å². The quantitative estimate of drug-likeness (QED) is 0.487. The fourth-order valence-corrected chi connectivity index (χ4v) is 4.34. The highest BCUT2D eigenvalue weighted by Gasteiger charge is 2.26. The van der Waals surface area contributed by atoms with Crippen molar-refractivity contribution in [1.29, 1.82) is 0 Å². The molecule has 0 unspecified atom stereocenters. The molecule has 1 saturated heterocycles. The maximum absolute atomic E-state index is 13.2. The Hall–Kier alpha value is -3.11. The summed E-state index contributed by atoms with van der Waals surface area (Å²) in [7, 11) is 1.56. The molecule has 1 aromatic carbocycles. The number of nitrogens with zero attached hydrogens (tertiary/aromatic N) is 4. The molecule has 10 heteroatoms. The summed E-state index contributed by atoms with van der Waals surface area (Å²) in [5, 5.41) is 0. The van der Waals surface area contributed by atoms with E-state index in [1.165, 1.54) is 15.7 Å². The molecule has 0 radical (unpaired) electrons. The van der Waals surface area contributed by atoms with Crippen molar-refractivity contribution >= 4 is 17.4 Å². The lowest BCUT2D eigenvalue weighted by molar-refractivity contribution is -0.131. The molecule has 1 fully saturated rings. The van der Waals surface area contributed by atoms with Gasteiger partial charge in [-0.05, 0) is 24.5 Å². The lowest BCUT2D eigenvalue weighted by atomic mass is 10.1. The molecule has 35 heavy (non-hydrogen) atoms. The maximum atomic E-state index is 13.2. The predicted octanol–water partition coefficient (Wildman–Crippen LogP) is 1.02. The Bertz CT molecular complexity index is 1100. The number of hydrogen-bond donors (Lipinski definition) is 2. The topological polar surface area (TPSA) is 117 Å². The van der Waals surface area contributed by atoms with Crippen LogP contribution in [-0.4, -0.2) is 78.2 Å². The Labute approximate surface area is 206 Å². The largest absolute Gasteiger partial charge is 0.383 e. The maximum Gasteiger partial charge on any atom is 0.330 e.